The van der Waals surface area contributed by atoms with Gasteiger partial charge in [0.15, 0.2) is 0 Å². The Bertz CT molecular complexity index is 1080. The van der Waals surface area contributed by atoms with Gasteiger partial charge in [0.05, 0.1) is 12.3 Å². The number of nitrogens with zero attached hydrogens (tertiary/aromatic N) is 2. The molecule has 30 heavy (non-hydrogen) atoms. The number of aromatic nitrogens is 2. The summed E-state index contributed by atoms with van der Waals surface area (Å²) >= 11 is 1.59. The Labute approximate surface area is 178 Å². The van der Waals surface area contributed by atoms with Gasteiger partial charge in [-0.25, -0.2) is 9.78 Å². The van der Waals surface area contributed by atoms with Crippen LogP contribution < -0.4 is 5.32 Å². The van der Waals surface area contributed by atoms with Crippen LogP contribution in [0.3, 0.4) is 0 Å². The molecule has 1 aromatic carbocycles. The quantitative estimate of drug-likeness (QED) is 0.525. The molecule has 2 aromatic heterocycles. The Morgan fingerprint density at radius 3 is 2.80 bits per heavy atom. The summed E-state index contributed by atoms with van der Waals surface area (Å²) in [5.41, 5.74) is 2.49. The number of nitrogens with one attached hydrogen (secondary N) is 1. The highest BCUT2D eigenvalue weighted by atomic mass is 32.1. The van der Waals surface area contributed by atoms with Gasteiger partial charge in [0.2, 0.25) is 5.69 Å². The Hall–Kier alpha value is -3.26. The number of thiazole rings is 1. The largest absolute Gasteiger partial charge is 0.461 e. The molecule has 0 bridgehead atoms. The van der Waals surface area contributed by atoms with E-state index in [9.17, 15) is 9.59 Å². The molecule has 0 atom stereocenters. The Morgan fingerprint density at radius 2 is 2.10 bits per heavy atom. The number of hydrogen-bond acceptors (Lipinski definition) is 7. The average molecular weight is 426 g/mol. The van der Waals surface area contributed by atoms with Crippen molar-refractivity contribution in [1.82, 2.24) is 10.1 Å². The number of aryl methyl sites for hydroxylation is 1. The van der Waals surface area contributed by atoms with Crippen LogP contribution in [0.2, 0.25) is 0 Å². The van der Waals surface area contributed by atoms with Crippen molar-refractivity contribution in [3.63, 3.8) is 0 Å². The van der Waals surface area contributed by atoms with Gasteiger partial charge in [-0.1, -0.05) is 37.2 Å². The lowest BCUT2D eigenvalue weighted by molar-refractivity contribution is 0.0512. The molecule has 3 rings (SSSR count). The monoisotopic (exact) mass is 425 g/mol. The van der Waals surface area contributed by atoms with Crippen molar-refractivity contribution in [1.29, 1.82) is 0 Å². The molecular formula is C22H23N3O4S. The van der Waals surface area contributed by atoms with Crippen LogP contribution in [0.25, 0.3) is 12.2 Å². The number of rotatable bonds is 7. The summed E-state index contributed by atoms with van der Waals surface area (Å²) in [5.74, 6) is -0.543. The van der Waals surface area contributed by atoms with Crippen LogP contribution in [0, 0.1) is 6.92 Å². The van der Waals surface area contributed by atoms with Crippen molar-refractivity contribution in [3.8, 4) is 0 Å². The lowest BCUT2D eigenvalue weighted by Crippen LogP contribution is -2.17. The summed E-state index contributed by atoms with van der Waals surface area (Å²) in [4.78, 5) is 29.3. The first-order chi connectivity index (χ1) is 14.4. The standard InChI is InChI=1S/C22H23N3O4S/c1-5-28-22(27)20-19(14(4)29-25-20)21(26)23-16-8-6-7-15(11-16)9-10-18-24-17(12-30-18)13(2)3/h6-13H,5H2,1-4H3,(H,23,26). The van der Waals surface area contributed by atoms with Crippen LogP contribution in [0.15, 0.2) is 34.2 Å². The fraction of sp³-hybridized carbons (Fsp3) is 0.273. The summed E-state index contributed by atoms with van der Waals surface area (Å²) in [7, 11) is 0. The van der Waals surface area contributed by atoms with Crippen LogP contribution in [0.1, 0.15) is 69.6 Å². The van der Waals surface area contributed by atoms with Gasteiger partial charge in [-0.05, 0) is 43.5 Å². The number of hydrogen-bond donors (Lipinski definition) is 1. The Kier molecular flexibility index (Phi) is 6.79. The zero-order valence-electron chi connectivity index (χ0n) is 17.3. The number of carbonyl (C=O) groups is 2. The molecule has 8 heteroatoms. The van der Waals surface area contributed by atoms with Crippen molar-refractivity contribution in [2.24, 2.45) is 0 Å². The number of carbonyl (C=O) groups excluding carboxylic acids is 2. The van der Waals surface area contributed by atoms with Crippen molar-refractivity contribution in [3.05, 3.63) is 62.9 Å². The second kappa shape index (κ2) is 9.49. The summed E-state index contributed by atoms with van der Waals surface area (Å²) in [6, 6.07) is 7.36. The maximum absolute atomic E-state index is 12.7. The molecule has 3 aromatic rings. The molecule has 0 aliphatic carbocycles. The van der Waals surface area contributed by atoms with Crippen LogP contribution in [-0.2, 0) is 4.74 Å². The minimum atomic E-state index is -0.694. The number of amides is 1. The minimum absolute atomic E-state index is 0.0680. The molecule has 1 amide bonds. The van der Waals surface area contributed by atoms with Gasteiger partial charge < -0.3 is 14.6 Å². The van der Waals surface area contributed by atoms with E-state index in [0.29, 0.717) is 11.6 Å². The molecule has 0 saturated carbocycles. The lowest BCUT2D eigenvalue weighted by atomic mass is 10.1. The van der Waals surface area contributed by atoms with Crippen LogP contribution in [-0.4, -0.2) is 28.6 Å². The number of anilines is 1. The van der Waals surface area contributed by atoms with Crippen molar-refractivity contribution >= 4 is 41.1 Å². The third-order valence-electron chi connectivity index (χ3n) is 4.25. The SMILES string of the molecule is CCOC(=O)c1noc(C)c1C(=O)Nc1cccc(C=Cc2nc(C(C)C)cs2)c1. The smallest absolute Gasteiger partial charge is 0.361 e. The van der Waals surface area contributed by atoms with Crippen LogP contribution in [0.5, 0.6) is 0 Å². The number of benzene rings is 1. The van der Waals surface area contributed by atoms with E-state index in [2.05, 4.69) is 34.7 Å². The fourth-order valence-electron chi connectivity index (χ4n) is 2.70. The second-order valence-corrected chi connectivity index (χ2v) is 7.75. The highest BCUT2D eigenvalue weighted by Gasteiger charge is 2.26. The fourth-order valence-corrected chi connectivity index (χ4v) is 3.57. The van der Waals surface area contributed by atoms with E-state index < -0.39 is 11.9 Å². The third-order valence-corrected chi connectivity index (χ3v) is 5.08. The maximum Gasteiger partial charge on any atom is 0.361 e. The van der Waals surface area contributed by atoms with E-state index >= 15 is 0 Å². The zero-order chi connectivity index (χ0) is 21.7. The topological polar surface area (TPSA) is 94.3 Å². The van der Waals surface area contributed by atoms with Gasteiger partial charge in [0.25, 0.3) is 5.91 Å². The summed E-state index contributed by atoms with van der Waals surface area (Å²) < 4.78 is 9.96. The Morgan fingerprint density at radius 1 is 1.30 bits per heavy atom. The predicted octanol–water partition coefficient (Wildman–Crippen LogP) is 5.16. The normalized spacial score (nSPS) is 11.2. The maximum atomic E-state index is 12.7. The molecule has 0 saturated heterocycles. The van der Waals surface area contributed by atoms with Gasteiger partial charge in [-0.15, -0.1) is 11.3 Å². The first kappa shape index (κ1) is 21.4. The Balaban J connectivity index is 1.75. The molecule has 0 aliphatic rings. The first-order valence-electron chi connectivity index (χ1n) is 9.57. The van der Waals surface area contributed by atoms with Gasteiger partial charge in [-0.2, -0.15) is 0 Å². The van der Waals surface area contributed by atoms with Crippen molar-refractivity contribution in [2.75, 3.05) is 11.9 Å². The summed E-state index contributed by atoms with van der Waals surface area (Å²) in [5, 5.41) is 9.43. The van der Waals surface area contributed by atoms with Gasteiger partial charge >= 0.3 is 5.97 Å². The molecule has 156 valence electrons. The van der Waals surface area contributed by atoms with E-state index in [1.54, 1.807) is 31.3 Å². The molecule has 0 spiro atoms. The molecule has 1 N–H and O–H groups in total. The molecule has 0 fully saturated rings. The highest BCUT2D eigenvalue weighted by molar-refractivity contribution is 7.10. The predicted molar refractivity (Wildman–Crippen MR) is 117 cm³/mol. The molecule has 0 aliphatic heterocycles. The van der Waals surface area contributed by atoms with Crippen molar-refractivity contribution in [2.45, 2.75) is 33.6 Å². The first-order valence-corrected chi connectivity index (χ1v) is 10.4. The van der Waals surface area contributed by atoms with E-state index in [0.717, 1.165) is 16.3 Å². The van der Waals surface area contributed by atoms with Gasteiger partial charge in [0, 0.05) is 11.1 Å². The molecule has 7 nitrogen and oxygen atoms in total. The van der Waals surface area contributed by atoms with E-state index in [1.807, 2.05) is 30.4 Å². The van der Waals surface area contributed by atoms with E-state index in [-0.39, 0.29) is 23.6 Å². The minimum Gasteiger partial charge on any atom is -0.461 e. The van der Waals surface area contributed by atoms with E-state index in [1.165, 1.54) is 0 Å². The molecule has 2 heterocycles. The molecule has 0 unspecified atom stereocenters. The highest BCUT2D eigenvalue weighted by Crippen LogP contribution is 2.21. The lowest BCUT2D eigenvalue weighted by Gasteiger charge is -2.06. The molecular weight excluding hydrogens is 402 g/mol. The van der Waals surface area contributed by atoms with Crippen LogP contribution in [0.4, 0.5) is 5.69 Å². The second-order valence-electron chi connectivity index (χ2n) is 6.86. The van der Waals surface area contributed by atoms with Crippen molar-refractivity contribution < 1.29 is 18.8 Å². The molecule has 0 radical (unpaired) electrons. The third kappa shape index (κ3) is 5.01. The summed E-state index contributed by atoms with van der Waals surface area (Å²) in [6.45, 7) is 7.65. The number of esters is 1. The van der Waals surface area contributed by atoms with Gasteiger partial charge in [-0.3, -0.25) is 4.79 Å². The van der Waals surface area contributed by atoms with E-state index in [4.69, 9.17) is 9.26 Å². The zero-order valence-corrected chi connectivity index (χ0v) is 18.1. The average Bonchev–Trinajstić information content (AvgIpc) is 3.34. The van der Waals surface area contributed by atoms with Gasteiger partial charge in [0.1, 0.15) is 16.3 Å². The summed E-state index contributed by atoms with van der Waals surface area (Å²) in [6.07, 6.45) is 3.88. The van der Waals surface area contributed by atoms with Crippen LogP contribution >= 0.6 is 11.3 Å². The number of ether oxygens (including phenoxy) is 1.